The van der Waals surface area contributed by atoms with E-state index in [1.807, 2.05) is 20.8 Å². The molecule has 0 spiro atoms. The molecule has 0 bridgehead atoms. The van der Waals surface area contributed by atoms with Gasteiger partial charge in [0.15, 0.2) is 0 Å². The minimum atomic E-state index is -0.882. The molecular weight excluding hydrogens is 230 g/mol. The third-order valence-electron chi connectivity index (χ3n) is 3.04. The first-order chi connectivity index (χ1) is 8.35. The van der Waals surface area contributed by atoms with Gasteiger partial charge in [0.25, 0.3) is 0 Å². The van der Waals surface area contributed by atoms with Gasteiger partial charge in [-0.3, -0.25) is 9.59 Å². The highest BCUT2D eigenvalue weighted by Gasteiger charge is 2.25. The number of amides is 1. The molecule has 1 amide bonds. The van der Waals surface area contributed by atoms with E-state index in [2.05, 4.69) is 5.32 Å². The molecule has 0 aliphatic heterocycles. The number of aliphatic carboxylic acids is 1. The second kappa shape index (κ2) is 5.67. The zero-order valence-corrected chi connectivity index (χ0v) is 11.0. The largest absolute Gasteiger partial charge is 0.481 e. The average Bonchev–Trinajstić information content (AvgIpc) is 2.28. The van der Waals surface area contributed by atoms with E-state index >= 15 is 0 Å². The van der Waals surface area contributed by atoms with E-state index in [1.165, 1.54) is 0 Å². The molecule has 0 fully saturated rings. The average molecular weight is 249 g/mol. The van der Waals surface area contributed by atoms with Crippen molar-refractivity contribution in [1.29, 1.82) is 0 Å². The number of carboxylic acid groups (broad SMARTS) is 1. The second-order valence-corrected chi connectivity index (χ2v) is 4.96. The summed E-state index contributed by atoms with van der Waals surface area (Å²) in [5, 5.41) is 11.5. The Labute approximate surface area is 107 Å². The summed E-state index contributed by atoms with van der Waals surface area (Å²) in [4.78, 5) is 22.6. The van der Waals surface area contributed by atoms with Crippen molar-refractivity contribution in [3.8, 4) is 0 Å². The summed E-state index contributed by atoms with van der Waals surface area (Å²) < 4.78 is 0. The van der Waals surface area contributed by atoms with Gasteiger partial charge in [0, 0.05) is 11.1 Å². The highest BCUT2D eigenvalue weighted by atomic mass is 16.4. The molecule has 0 radical (unpaired) electrons. The normalized spacial score (nSPS) is 11.1. The third kappa shape index (κ3) is 3.87. The molecule has 0 saturated heterocycles. The van der Waals surface area contributed by atoms with E-state index in [4.69, 9.17) is 5.11 Å². The van der Waals surface area contributed by atoms with Crippen LogP contribution in [0, 0.1) is 5.41 Å². The maximum atomic E-state index is 12.0. The second-order valence-electron chi connectivity index (χ2n) is 4.96. The van der Waals surface area contributed by atoms with Gasteiger partial charge in [0.05, 0.1) is 6.42 Å². The van der Waals surface area contributed by atoms with Crippen LogP contribution in [-0.4, -0.2) is 17.0 Å². The minimum absolute atomic E-state index is 0.0408. The molecule has 0 atom stereocenters. The lowest BCUT2D eigenvalue weighted by Gasteiger charge is -2.21. The summed E-state index contributed by atoms with van der Waals surface area (Å²) in [5.41, 5.74) is 0.887. The minimum Gasteiger partial charge on any atom is -0.481 e. The highest BCUT2D eigenvalue weighted by Crippen LogP contribution is 2.22. The van der Waals surface area contributed by atoms with E-state index in [0.29, 0.717) is 11.3 Å². The number of carboxylic acids is 1. The van der Waals surface area contributed by atoms with Gasteiger partial charge in [-0.2, -0.15) is 0 Å². The number of carbonyl (C=O) groups is 2. The van der Waals surface area contributed by atoms with Gasteiger partial charge in [-0.1, -0.05) is 32.9 Å². The van der Waals surface area contributed by atoms with Crippen LogP contribution in [0.4, 0.5) is 5.69 Å². The first kappa shape index (κ1) is 14.2. The number of hydrogen-bond acceptors (Lipinski definition) is 2. The predicted octanol–water partition coefficient (Wildman–Crippen LogP) is 2.69. The molecule has 98 valence electrons. The molecule has 0 aliphatic carbocycles. The zero-order valence-electron chi connectivity index (χ0n) is 11.0. The van der Waals surface area contributed by atoms with Crippen LogP contribution < -0.4 is 5.32 Å². The van der Waals surface area contributed by atoms with E-state index in [9.17, 15) is 9.59 Å². The molecule has 0 heterocycles. The number of nitrogens with one attached hydrogen (secondary N) is 1. The van der Waals surface area contributed by atoms with Gasteiger partial charge in [0.1, 0.15) is 0 Å². The van der Waals surface area contributed by atoms with Crippen LogP contribution in [0.2, 0.25) is 0 Å². The van der Waals surface area contributed by atoms with E-state index in [1.54, 1.807) is 24.3 Å². The number of rotatable bonds is 5. The van der Waals surface area contributed by atoms with Crippen molar-refractivity contribution in [2.24, 2.45) is 5.41 Å². The van der Waals surface area contributed by atoms with Crippen molar-refractivity contribution in [2.75, 3.05) is 5.32 Å². The molecule has 1 aromatic rings. The van der Waals surface area contributed by atoms with Crippen LogP contribution in [0.3, 0.4) is 0 Å². The topological polar surface area (TPSA) is 66.4 Å². The lowest BCUT2D eigenvalue weighted by atomic mass is 9.89. The third-order valence-corrected chi connectivity index (χ3v) is 3.04. The fourth-order valence-electron chi connectivity index (χ4n) is 1.39. The van der Waals surface area contributed by atoms with Crippen molar-refractivity contribution in [3.05, 3.63) is 29.8 Å². The summed E-state index contributed by atoms with van der Waals surface area (Å²) in [5.74, 6) is -0.940. The molecule has 0 saturated carbocycles. The maximum Gasteiger partial charge on any atom is 0.307 e. The predicted molar refractivity (Wildman–Crippen MR) is 70.5 cm³/mol. The quantitative estimate of drug-likeness (QED) is 0.843. The van der Waals surface area contributed by atoms with Crippen molar-refractivity contribution >= 4 is 17.6 Å². The molecule has 4 nitrogen and oxygen atoms in total. The summed E-state index contributed by atoms with van der Waals surface area (Å²) in [6.45, 7) is 5.72. The molecule has 0 unspecified atom stereocenters. The highest BCUT2D eigenvalue weighted by molar-refractivity contribution is 5.94. The van der Waals surface area contributed by atoms with Crippen LogP contribution in [0.25, 0.3) is 0 Å². The molecule has 1 rings (SSSR count). The molecule has 2 N–H and O–H groups in total. The SMILES string of the molecule is CCC(C)(C)C(=O)Nc1cccc(CC(=O)O)c1. The first-order valence-corrected chi connectivity index (χ1v) is 5.97. The van der Waals surface area contributed by atoms with E-state index in [0.717, 1.165) is 6.42 Å². The van der Waals surface area contributed by atoms with Crippen molar-refractivity contribution < 1.29 is 14.7 Å². The zero-order chi connectivity index (χ0) is 13.8. The Bertz CT molecular complexity index is 452. The Kier molecular flexibility index (Phi) is 4.48. The van der Waals surface area contributed by atoms with Gasteiger partial charge in [0.2, 0.25) is 5.91 Å². The summed E-state index contributed by atoms with van der Waals surface area (Å²) in [7, 11) is 0. The Balaban J connectivity index is 2.79. The monoisotopic (exact) mass is 249 g/mol. The lowest BCUT2D eigenvalue weighted by Crippen LogP contribution is -2.30. The van der Waals surface area contributed by atoms with Gasteiger partial charge in [-0.15, -0.1) is 0 Å². The van der Waals surface area contributed by atoms with Crippen LogP contribution in [-0.2, 0) is 16.0 Å². The first-order valence-electron chi connectivity index (χ1n) is 5.97. The summed E-state index contributed by atoms with van der Waals surface area (Å²) in [6.07, 6.45) is 0.703. The van der Waals surface area contributed by atoms with Crippen molar-refractivity contribution in [2.45, 2.75) is 33.6 Å². The smallest absolute Gasteiger partial charge is 0.307 e. The lowest BCUT2D eigenvalue weighted by molar-refractivity contribution is -0.136. The van der Waals surface area contributed by atoms with Crippen LogP contribution >= 0.6 is 0 Å². The van der Waals surface area contributed by atoms with Gasteiger partial charge in [-0.25, -0.2) is 0 Å². The van der Waals surface area contributed by atoms with Crippen LogP contribution in [0.1, 0.15) is 32.8 Å². The number of anilines is 1. The van der Waals surface area contributed by atoms with E-state index < -0.39 is 11.4 Å². The van der Waals surface area contributed by atoms with E-state index in [-0.39, 0.29) is 12.3 Å². The molecule has 0 aromatic heterocycles. The molecule has 0 aliphatic rings. The van der Waals surface area contributed by atoms with Gasteiger partial charge in [-0.05, 0) is 24.1 Å². The summed E-state index contributed by atoms with van der Waals surface area (Å²) >= 11 is 0. The van der Waals surface area contributed by atoms with Crippen molar-refractivity contribution in [3.63, 3.8) is 0 Å². The Morgan fingerprint density at radius 1 is 1.33 bits per heavy atom. The number of carbonyl (C=O) groups excluding carboxylic acids is 1. The fraction of sp³-hybridized carbons (Fsp3) is 0.429. The van der Waals surface area contributed by atoms with Crippen LogP contribution in [0.15, 0.2) is 24.3 Å². The fourth-order valence-corrected chi connectivity index (χ4v) is 1.39. The van der Waals surface area contributed by atoms with Crippen LogP contribution in [0.5, 0.6) is 0 Å². The summed E-state index contributed by atoms with van der Waals surface area (Å²) in [6, 6.07) is 6.92. The van der Waals surface area contributed by atoms with Gasteiger partial charge < -0.3 is 10.4 Å². The van der Waals surface area contributed by atoms with Gasteiger partial charge >= 0.3 is 5.97 Å². The Hall–Kier alpha value is -1.84. The molecule has 4 heteroatoms. The number of benzene rings is 1. The molecule has 1 aromatic carbocycles. The molecular formula is C14H19NO3. The Morgan fingerprint density at radius 2 is 2.00 bits per heavy atom. The standard InChI is InChI=1S/C14H19NO3/c1-4-14(2,3)13(18)15-11-7-5-6-10(8-11)9-12(16)17/h5-8H,4,9H2,1-3H3,(H,15,18)(H,16,17). The number of hydrogen-bond donors (Lipinski definition) is 2. The maximum absolute atomic E-state index is 12.0. The molecule has 18 heavy (non-hydrogen) atoms. The Morgan fingerprint density at radius 3 is 2.56 bits per heavy atom. The van der Waals surface area contributed by atoms with Crippen molar-refractivity contribution in [1.82, 2.24) is 0 Å².